The molecular weight excluding hydrogens is 359 g/mol. The van der Waals surface area contributed by atoms with Crippen molar-refractivity contribution < 1.29 is 9.53 Å². The van der Waals surface area contributed by atoms with Crippen molar-refractivity contribution in [2.24, 2.45) is 5.41 Å². The lowest BCUT2D eigenvalue weighted by Crippen LogP contribution is -2.45. The van der Waals surface area contributed by atoms with E-state index in [9.17, 15) is 4.79 Å². The summed E-state index contributed by atoms with van der Waals surface area (Å²) in [6.07, 6.45) is 3.37. The summed E-state index contributed by atoms with van der Waals surface area (Å²) in [5.74, 6) is 0.466. The van der Waals surface area contributed by atoms with Gasteiger partial charge >= 0.3 is 0 Å². The SMILES string of the molecule is Cl.O=C(COc1cc(Cl)ccc1Cl)N1CCC2(CCNC2)CC1. The van der Waals surface area contributed by atoms with Crippen LogP contribution in [0.5, 0.6) is 5.75 Å². The molecule has 2 heterocycles. The van der Waals surface area contributed by atoms with Crippen molar-refractivity contribution in [3.8, 4) is 5.75 Å². The summed E-state index contributed by atoms with van der Waals surface area (Å²) in [5, 5.41) is 4.44. The summed E-state index contributed by atoms with van der Waals surface area (Å²) in [7, 11) is 0. The Bertz CT molecular complexity index is 552. The van der Waals surface area contributed by atoms with Crippen molar-refractivity contribution in [2.45, 2.75) is 19.3 Å². The first-order chi connectivity index (χ1) is 10.6. The van der Waals surface area contributed by atoms with Crippen LogP contribution >= 0.6 is 35.6 Å². The monoisotopic (exact) mass is 378 g/mol. The minimum absolute atomic E-state index is 0. The van der Waals surface area contributed by atoms with Crippen LogP contribution in [0.4, 0.5) is 0 Å². The van der Waals surface area contributed by atoms with Crippen LogP contribution in [0.2, 0.25) is 10.0 Å². The van der Waals surface area contributed by atoms with Crippen LogP contribution in [0.15, 0.2) is 18.2 Å². The lowest BCUT2D eigenvalue weighted by atomic mass is 9.78. The summed E-state index contributed by atoms with van der Waals surface area (Å²) in [6, 6.07) is 4.99. The molecule has 0 aliphatic carbocycles. The number of carbonyl (C=O) groups excluding carboxylic acids is 1. The summed E-state index contributed by atoms with van der Waals surface area (Å²) < 4.78 is 5.53. The first kappa shape index (κ1) is 18.7. The van der Waals surface area contributed by atoms with Crippen molar-refractivity contribution in [3.05, 3.63) is 28.2 Å². The molecule has 7 heteroatoms. The van der Waals surface area contributed by atoms with E-state index in [1.54, 1.807) is 18.2 Å². The maximum absolute atomic E-state index is 12.3. The predicted molar refractivity (Wildman–Crippen MR) is 94.9 cm³/mol. The van der Waals surface area contributed by atoms with E-state index in [0.29, 0.717) is 21.2 Å². The van der Waals surface area contributed by atoms with Crippen molar-refractivity contribution in [1.29, 1.82) is 0 Å². The molecule has 1 N–H and O–H groups in total. The van der Waals surface area contributed by atoms with Gasteiger partial charge in [0.2, 0.25) is 0 Å². The van der Waals surface area contributed by atoms with E-state index in [1.165, 1.54) is 6.42 Å². The number of benzene rings is 1. The summed E-state index contributed by atoms with van der Waals surface area (Å²) in [5.41, 5.74) is 0.411. The van der Waals surface area contributed by atoms with Crippen LogP contribution < -0.4 is 10.1 Å². The van der Waals surface area contributed by atoms with Crippen LogP contribution in [0.3, 0.4) is 0 Å². The van der Waals surface area contributed by atoms with Gasteiger partial charge in [0.15, 0.2) is 6.61 Å². The standard InChI is InChI=1S/C16H20Cl2N2O2.ClH/c17-12-1-2-13(18)14(9-12)22-10-15(21)20-7-4-16(5-8-20)3-6-19-11-16;/h1-2,9,19H,3-8,10-11H2;1H. The Morgan fingerprint density at radius 2 is 2.00 bits per heavy atom. The zero-order chi connectivity index (χ0) is 15.6. The fraction of sp³-hybridized carbons (Fsp3) is 0.562. The lowest BCUT2D eigenvalue weighted by Gasteiger charge is -2.38. The zero-order valence-corrected chi connectivity index (χ0v) is 15.1. The Hall–Kier alpha value is -0.680. The van der Waals surface area contributed by atoms with Gasteiger partial charge in [0, 0.05) is 30.7 Å². The van der Waals surface area contributed by atoms with Crippen LogP contribution in [0, 0.1) is 5.41 Å². The number of hydrogen-bond donors (Lipinski definition) is 1. The molecule has 3 rings (SSSR count). The van der Waals surface area contributed by atoms with Crippen LogP contribution in [-0.4, -0.2) is 43.6 Å². The number of hydrogen-bond acceptors (Lipinski definition) is 3. The zero-order valence-electron chi connectivity index (χ0n) is 12.8. The second kappa shape index (κ2) is 7.93. The molecule has 0 saturated carbocycles. The molecule has 1 spiro atoms. The van der Waals surface area contributed by atoms with Gasteiger partial charge in [-0.05, 0) is 43.4 Å². The van der Waals surface area contributed by atoms with Gasteiger partial charge in [0.25, 0.3) is 5.91 Å². The van der Waals surface area contributed by atoms with Gasteiger partial charge in [-0.3, -0.25) is 4.79 Å². The van der Waals surface area contributed by atoms with E-state index in [1.807, 2.05) is 4.90 Å². The molecule has 0 atom stereocenters. The Kier molecular flexibility index (Phi) is 6.43. The molecule has 2 saturated heterocycles. The summed E-state index contributed by atoms with van der Waals surface area (Å²) in [4.78, 5) is 14.2. The molecule has 1 amide bonds. The molecule has 128 valence electrons. The molecule has 1 aromatic carbocycles. The molecule has 2 aliphatic heterocycles. The highest BCUT2D eigenvalue weighted by molar-refractivity contribution is 6.34. The first-order valence-electron chi connectivity index (χ1n) is 7.64. The van der Waals surface area contributed by atoms with Crippen molar-refractivity contribution in [3.63, 3.8) is 0 Å². The molecule has 0 radical (unpaired) electrons. The van der Waals surface area contributed by atoms with Crippen LogP contribution in [0.1, 0.15) is 19.3 Å². The highest BCUT2D eigenvalue weighted by atomic mass is 35.5. The fourth-order valence-corrected chi connectivity index (χ4v) is 3.61. The molecule has 0 unspecified atom stereocenters. The van der Waals surface area contributed by atoms with Gasteiger partial charge in [0.05, 0.1) is 5.02 Å². The number of amides is 1. The Labute approximate surface area is 152 Å². The lowest BCUT2D eigenvalue weighted by molar-refractivity contribution is -0.135. The van der Waals surface area contributed by atoms with E-state index in [4.69, 9.17) is 27.9 Å². The molecule has 4 nitrogen and oxygen atoms in total. The Morgan fingerprint density at radius 3 is 2.65 bits per heavy atom. The Morgan fingerprint density at radius 1 is 1.26 bits per heavy atom. The smallest absolute Gasteiger partial charge is 0.260 e. The average Bonchev–Trinajstić information content (AvgIpc) is 2.97. The number of rotatable bonds is 3. The van der Waals surface area contributed by atoms with Gasteiger partial charge in [-0.25, -0.2) is 0 Å². The van der Waals surface area contributed by atoms with E-state index in [-0.39, 0.29) is 24.9 Å². The third-order valence-electron chi connectivity index (χ3n) is 4.75. The molecule has 23 heavy (non-hydrogen) atoms. The van der Waals surface area contributed by atoms with E-state index in [2.05, 4.69) is 5.32 Å². The topological polar surface area (TPSA) is 41.6 Å². The van der Waals surface area contributed by atoms with Gasteiger partial charge in [0.1, 0.15) is 5.75 Å². The average molecular weight is 380 g/mol. The highest BCUT2D eigenvalue weighted by Crippen LogP contribution is 2.37. The van der Waals surface area contributed by atoms with Gasteiger partial charge in [-0.15, -0.1) is 12.4 Å². The van der Waals surface area contributed by atoms with Crippen molar-refractivity contribution in [1.82, 2.24) is 10.2 Å². The Balaban J connectivity index is 0.00000192. The minimum Gasteiger partial charge on any atom is -0.482 e. The van der Waals surface area contributed by atoms with E-state index in [0.717, 1.165) is 39.0 Å². The number of nitrogens with one attached hydrogen (secondary N) is 1. The maximum atomic E-state index is 12.3. The minimum atomic E-state index is 0. The molecule has 2 fully saturated rings. The first-order valence-corrected chi connectivity index (χ1v) is 8.40. The molecular formula is C16H21Cl3N2O2. The van der Waals surface area contributed by atoms with Crippen LogP contribution in [0.25, 0.3) is 0 Å². The summed E-state index contributed by atoms with van der Waals surface area (Å²) in [6.45, 7) is 3.82. The second-order valence-electron chi connectivity index (χ2n) is 6.17. The number of likely N-dealkylation sites (tertiary alicyclic amines) is 1. The number of carbonyl (C=O) groups is 1. The van der Waals surface area contributed by atoms with Gasteiger partial charge in [-0.2, -0.15) is 0 Å². The highest BCUT2D eigenvalue weighted by Gasteiger charge is 2.38. The molecule has 1 aromatic rings. The number of ether oxygens (including phenoxy) is 1. The second-order valence-corrected chi connectivity index (χ2v) is 7.01. The third-order valence-corrected chi connectivity index (χ3v) is 5.30. The summed E-state index contributed by atoms with van der Waals surface area (Å²) >= 11 is 11.9. The van der Waals surface area contributed by atoms with Crippen molar-refractivity contribution in [2.75, 3.05) is 32.8 Å². The predicted octanol–water partition coefficient (Wildman–Crippen LogP) is 3.40. The van der Waals surface area contributed by atoms with E-state index < -0.39 is 0 Å². The third kappa shape index (κ3) is 4.44. The largest absolute Gasteiger partial charge is 0.482 e. The number of nitrogens with zero attached hydrogens (tertiary/aromatic N) is 1. The normalized spacial score (nSPS) is 19.5. The number of piperidine rings is 1. The quantitative estimate of drug-likeness (QED) is 0.875. The fourth-order valence-electron chi connectivity index (χ4n) is 3.27. The van der Waals surface area contributed by atoms with Crippen molar-refractivity contribution >= 4 is 41.5 Å². The number of halogens is 3. The van der Waals surface area contributed by atoms with Crippen LogP contribution in [-0.2, 0) is 4.79 Å². The van der Waals surface area contributed by atoms with E-state index >= 15 is 0 Å². The molecule has 0 aromatic heterocycles. The molecule has 0 bridgehead atoms. The van der Waals surface area contributed by atoms with Gasteiger partial charge in [-0.1, -0.05) is 23.2 Å². The maximum Gasteiger partial charge on any atom is 0.260 e. The van der Waals surface area contributed by atoms with Gasteiger partial charge < -0.3 is 15.0 Å². The molecule has 2 aliphatic rings.